The standard InChI is InChI=1S/C11H18N2O/c1-8-5-10(12)7-11(6-8)13-9(2)3-4-14/h5-7,9,13-14H,3-4,12H2,1-2H3. The van der Waals surface area contributed by atoms with Crippen molar-refractivity contribution in [3.8, 4) is 0 Å². The molecule has 1 aromatic carbocycles. The summed E-state index contributed by atoms with van der Waals surface area (Å²) in [6.45, 7) is 4.25. The van der Waals surface area contributed by atoms with Crippen LogP contribution in [0.2, 0.25) is 0 Å². The lowest BCUT2D eigenvalue weighted by atomic mass is 10.1. The summed E-state index contributed by atoms with van der Waals surface area (Å²) in [5, 5.41) is 12.0. The predicted octanol–water partition coefficient (Wildman–Crippen LogP) is 1.76. The zero-order valence-corrected chi connectivity index (χ0v) is 8.75. The number of benzene rings is 1. The zero-order chi connectivity index (χ0) is 10.6. The van der Waals surface area contributed by atoms with Crippen LogP contribution in [0.5, 0.6) is 0 Å². The first kappa shape index (κ1) is 10.9. The molecule has 0 fully saturated rings. The largest absolute Gasteiger partial charge is 0.399 e. The first-order valence-electron chi connectivity index (χ1n) is 4.86. The molecule has 1 rings (SSSR count). The molecule has 0 bridgehead atoms. The molecule has 0 saturated carbocycles. The number of hydrogen-bond donors (Lipinski definition) is 3. The lowest BCUT2D eigenvalue weighted by Crippen LogP contribution is -2.16. The quantitative estimate of drug-likeness (QED) is 0.640. The van der Waals surface area contributed by atoms with Crippen LogP contribution in [0.1, 0.15) is 18.9 Å². The minimum atomic E-state index is 0.204. The van der Waals surface area contributed by atoms with Crippen molar-refractivity contribution < 1.29 is 5.11 Å². The van der Waals surface area contributed by atoms with Crippen molar-refractivity contribution in [2.75, 3.05) is 17.7 Å². The number of nitrogens with one attached hydrogen (secondary N) is 1. The fraction of sp³-hybridized carbons (Fsp3) is 0.455. The van der Waals surface area contributed by atoms with Gasteiger partial charge in [0.25, 0.3) is 0 Å². The minimum absolute atomic E-state index is 0.204. The molecule has 0 aliphatic heterocycles. The number of aryl methyl sites for hydroxylation is 1. The van der Waals surface area contributed by atoms with Crippen molar-refractivity contribution in [2.24, 2.45) is 0 Å². The minimum Gasteiger partial charge on any atom is -0.399 e. The van der Waals surface area contributed by atoms with Crippen molar-refractivity contribution in [1.82, 2.24) is 0 Å². The van der Waals surface area contributed by atoms with E-state index in [-0.39, 0.29) is 12.6 Å². The molecule has 0 spiro atoms. The highest BCUT2D eigenvalue weighted by molar-refractivity contribution is 5.57. The molecule has 0 aliphatic carbocycles. The van der Waals surface area contributed by atoms with E-state index in [1.54, 1.807) is 0 Å². The van der Waals surface area contributed by atoms with Gasteiger partial charge in [0.1, 0.15) is 0 Å². The van der Waals surface area contributed by atoms with Crippen LogP contribution < -0.4 is 11.1 Å². The van der Waals surface area contributed by atoms with Gasteiger partial charge in [-0.3, -0.25) is 0 Å². The van der Waals surface area contributed by atoms with Crippen LogP contribution in [0.4, 0.5) is 11.4 Å². The van der Waals surface area contributed by atoms with Crippen LogP contribution in [-0.4, -0.2) is 17.8 Å². The number of aliphatic hydroxyl groups excluding tert-OH is 1. The normalized spacial score (nSPS) is 12.5. The first-order chi connectivity index (χ1) is 6.61. The van der Waals surface area contributed by atoms with Crippen LogP contribution >= 0.6 is 0 Å². The summed E-state index contributed by atoms with van der Waals surface area (Å²) in [6, 6.07) is 6.15. The van der Waals surface area contributed by atoms with E-state index in [4.69, 9.17) is 10.8 Å². The molecular formula is C11H18N2O. The maximum atomic E-state index is 8.76. The van der Waals surface area contributed by atoms with E-state index in [1.807, 2.05) is 32.0 Å². The summed E-state index contributed by atoms with van der Waals surface area (Å²) in [6.07, 6.45) is 0.744. The van der Waals surface area contributed by atoms with Gasteiger partial charge in [0, 0.05) is 24.0 Å². The molecule has 0 aromatic heterocycles. The Hall–Kier alpha value is -1.22. The van der Waals surface area contributed by atoms with E-state index in [0.717, 1.165) is 23.4 Å². The molecule has 78 valence electrons. The van der Waals surface area contributed by atoms with Gasteiger partial charge in [-0.25, -0.2) is 0 Å². The van der Waals surface area contributed by atoms with E-state index in [0.29, 0.717) is 0 Å². The van der Waals surface area contributed by atoms with Crippen molar-refractivity contribution in [1.29, 1.82) is 0 Å². The number of nitrogen functional groups attached to an aromatic ring is 1. The zero-order valence-electron chi connectivity index (χ0n) is 8.75. The second-order valence-corrected chi connectivity index (χ2v) is 3.69. The number of hydrogen-bond acceptors (Lipinski definition) is 3. The number of nitrogens with two attached hydrogens (primary N) is 1. The molecule has 0 radical (unpaired) electrons. The van der Waals surface area contributed by atoms with Gasteiger partial charge in [-0.15, -0.1) is 0 Å². The average Bonchev–Trinajstić information content (AvgIpc) is 2.01. The molecule has 3 nitrogen and oxygen atoms in total. The van der Waals surface area contributed by atoms with Gasteiger partial charge in [0.05, 0.1) is 0 Å². The average molecular weight is 194 g/mol. The highest BCUT2D eigenvalue weighted by Gasteiger charge is 2.01. The molecule has 0 amide bonds. The molecule has 1 atom stereocenters. The van der Waals surface area contributed by atoms with Gasteiger partial charge in [-0.2, -0.15) is 0 Å². The summed E-state index contributed by atoms with van der Waals surface area (Å²) in [4.78, 5) is 0. The lowest BCUT2D eigenvalue weighted by Gasteiger charge is -2.14. The van der Waals surface area contributed by atoms with Crippen LogP contribution in [0, 0.1) is 6.92 Å². The van der Waals surface area contributed by atoms with E-state index < -0.39 is 0 Å². The highest BCUT2D eigenvalue weighted by Crippen LogP contribution is 2.17. The smallest absolute Gasteiger partial charge is 0.0450 e. The van der Waals surface area contributed by atoms with Crippen LogP contribution in [0.15, 0.2) is 18.2 Å². The number of anilines is 2. The summed E-state index contributed by atoms with van der Waals surface area (Å²) in [5.41, 5.74) is 8.65. The van der Waals surface area contributed by atoms with Gasteiger partial charge in [0.15, 0.2) is 0 Å². The van der Waals surface area contributed by atoms with Crippen molar-refractivity contribution >= 4 is 11.4 Å². The Morgan fingerprint density at radius 1 is 1.43 bits per heavy atom. The van der Waals surface area contributed by atoms with Gasteiger partial charge < -0.3 is 16.2 Å². The Kier molecular flexibility index (Phi) is 3.77. The summed E-state index contributed by atoms with van der Waals surface area (Å²) in [5.74, 6) is 0. The van der Waals surface area contributed by atoms with Gasteiger partial charge >= 0.3 is 0 Å². The van der Waals surface area contributed by atoms with E-state index in [1.165, 1.54) is 0 Å². The maximum absolute atomic E-state index is 8.76. The van der Waals surface area contributed by atoms with Crippen LogP contribution in [-0.2, 0) is 0 Å². The Morgan fingerprint density at radius 3 is 2.71 bits per heavy atom. The molecule has 1 unspecified atom stereocenters. The number of aliphatic hydroxyl groups is 1. The molecule has 0 heterocycles. The van der Waals surface area contributed by atoms with Crippen molar-refractivity contribution in [3.63, 3.8) is 0 Å². The van der Waals surface area contributed by atoms with Crippen LogP contribution in [0.3, 0.4) is 0 Å². The third-order valence-corrected chi connectivity index (χ3v) is 2.07. The fourth-order valence-corrected chi connectivity index (χ4v) is 1.45. The Labute approximate surface area is 84.9 Å². The molecule has 3 heteroatoms. The van der Waals surface area contributed by atoms with Gasteiger partial charge in [0.2, 0.25) is 0 Å². The molecule has 0 saturated heterocycles. The topological polar surface area (TPSA) is 58.3 Å². The van der Waals surface area contributed by atoms with Crippen molar-refractivity contribution in [2.45, 2.75) is 26.3 Å². The Bertz CT molecular complexity index is 279. The second-order valence-electron chi connectivity index (χ2n) is 3.69. The van der Waals surface area contributed by atoms with Gasteiger partial charge in [-0.05, 0) is 44.0 Å². The second kappa shape index (κ2) is 4.86. The summed E-state index contributed by atoms with van der Waals surface area (Å²) < 4.78 is 0. The lowest BCUT2D eigenvalue weighted by molar-refractivity contribution is 0.282. The third-order valence-electron chi connectivity index (χ3n) is 2.07. The molecule has 1 aromatic rings. The fourth-order valence-electron chi connectivity index (χ4n) is 1.45. The molecular weight excluding hydrogens is 176 g/mol. The van der Waals surface area contributed by atoms with E-state index >= 15 is 0 Å². The Balaban J connectivity index is 2.66. The predicted molar refractivity (Wildman–Crippen MR) is 60.4 cm³/mol. The van der Waals surface area contributed by atoms with E-state index in [2.05, 4.69) is 5.32 Å². The monoisotopic (exact) mass is 194 g/mol. The third kappa shape index (κ3) is 3.26. The summed E-state index contributed by atoms with van der Waals surface area (Å²) >= 11 is 0. The number of rotatable bonds is 4. The Morgan fingerprint density at radius 2 is 2.14 bits per heavy atom. The van der Waals surface area contributed by atoms with Crippen molar-refractivity contribution in [3.05, 3.63) is 23.8 Å². The van der Waals surface area contributed by atoms with E-state index in [9.17, 15) is 0 Å². The van der Waals surface area contributed by atoms with Crippen LogP contribution in [0.25, 0.3) is 0 Å². The summed E-state index contributed by atoms with van der Waals surface area (Å²) in [7, 11) is 0. The molecule has 0 aliphatic rings. The SMILES string of the molecule is Cc1cc(N)cc(NC(C)CCO)c1. The molecule has 14 heavy (non-hydrogen) atoms. The highest BCUT2D eigenvalue weighted by atomic mass is 16.3. The molecule has 4 N–H and O–H groups in total. The van der Waals surface area contributed by atoms with Gasteiger partial charge in [-0.1, -0.05) is 0 Å². The first-order valence-corrected chi connectivity index (χ1v) is 4.86. The maximum Gasteiger partial charge on any atom is 0.0450 e.